The van der Waals surface area contributed by atoms with Gasteiger partial charge in [0.15, 0.2) is 0 Å². The normalized spacial score (nSPS) is 31.2. The van der Waals surface area contributed by atoms with Gasteiger partial charge in [-0.05, 0) is 31.6 Å². The van der Waals surface area contributed by atoms with Crippen LogP contribution in [0.2, 0.25) is 0 Å². The number of methoxy groups -OCH3 is 1. The van der Waals surface area contributed by atoms with Crippen molar-refractivity contribution >= 4 is 17.8 Å². The van der Waals surface area contributed by atoms with E-state index in [1.165, 1.54) is 7.11 Å². The maximum absolute atomic E-state index is 12.7. The molecule has 6 heteroatoms. The molecule has 0 aromatic carbocycles. The first kappa shape index (κ1) is 17.5. The smallest absolute Gasteiger partial charge is 0.334 e. The standard InChI is InChI=1S/C17H25NO5/c1-9(2)12(14(19)20)13(15(21)23-5)11-7-6-10-8-18(4)16(22)17(10,11)3/h9-11H,6-8H2,1-5H3,(H,19,20)/b13-12+/t10-,11+,17+/m1/s1. The fraction of sp³-hybridized carbons (Fsp3) is 0.706. The van der Waals surface area contributed by atoms with Crippen LogP contribution >= 0.6 is 0 Å². The summed E-state index contributed by atoms with van der Waals surface area (Å²) < 4.78 is 4.88. The van der Waals surface area contributed by atoms with Gasteiger partial charge < -0.3 is 14.7 Å². The molecule has 0 spiro atoms. The van der Waals surface area contributed by atoms with Crippen LogP contribution in [0.4, 0.5) is 0 Å². The summed E-state index contributed by atoms with van der Waals surface area (Å²) in [6.07, 6.45) is 1.44. The van der Waals surface area contributed by atoms with Gasteiger partial charge in [-0.15, -0.1) is 0 Å². The Bertz CT molecular complexity index is 580. The average molecular weight is 323 g/mol. The summed E-state index contributed by atoms with van der Waals surface area (Å²) in [4.78, 5) is 38.5. The summed E-state index contributed by atoms with van der Waals surface area (Å²) >= 11 is 0. The number of fused-ring (bicyclic) bond motifs is 1. The fourth-order valence-corrected chi connectivity index (χ4v) is 4.35. The molecule has 0 aromatic rings. The first-order valence-electron chi connectivity index (χ1n) is 7.97. The second kappa shape index (κ2) is 5.98. The van der Waals surface area contributed by atoms with E-state index in [1.807, 2.05) is 6.92 Å². The van der Waals surface area contributed by atoms with Crippen molar-refractivity contribution in [2.45, 2.75) is 33.6 Å². The predicted molar refractivity (Wildman–Crippen MR) is 83.5 cm³/mol. The molecule has 1 N–H and O–H groups in total. The van der Waals surface area contributed by atoms with E-state index < -0.39 is 23.3 Å². The highest BCUT2D eigenvalue weighted by Gasteiger charge is 2.59. The van der Waals surface area contributed by atoms with Crippen molar-refractivity contribution in [3.05, 3.63) is 11.1 Å². The van der Waals surface area contributed by atoms with Gasteiger partial charge in [0.25, 0.3) is 0 Å². The third kappa shape index (κ3) is 2.54. The van der Waals surface area contributed by atoms with E-state index in [1.54, 1.807) is 25.8 Å². The van der Waals surface area contributed by atoms with Crippen LogP contribution in [0.1, 0.15) is 33.6 Å². The summed E-state index contributed by atoms with van der Waals surface area (Å²) in [6, 6.07) is 0. The van der Waals surface area contributed by atoms with E-state index in [0.29, 0.717) is 13.0 Å². The number of carboxylic acid groups (broad SMARTS) is 1. The fourth-order valence-electron chi connectivity index (χ4n) is 4.35. The molecule has 2 aliphatic rings. The second-order valence-corrected chi connectivity index (χ2v) is 7.07. The van der Waals surface area contributed by atoms with E-state index in [0.717, 1.165) is 6.42 Å². The van der Waals surface area contributed by atoms with E-state index >= 15 is 0 Å². The monoisotopic (exact) mass is 323 g/mol. The minimum Gasteiger partial charge on any atom is -0.478 e. The molecular weight excluding hydrogens is 298 g/mol. The minimum atomic E-state index is -1.12. The number of ether oxygens (including phenoxy) is 1. The molecule has 1 heterocycles. The molecule has 1 saturated carbocycles. The van der Waals surface area contributed by atoms with Crippen LogP contribution in [0.25, 0.3) is 0 Å². The number of nitrogens with zero attached hydrogens (tertiary/aromatic N) is 1. The molecule has 2 fully saturated rings. The molecule has 3 atom stereocenters. The maximum Gasteiger partial charge on any atom is 0.334 e. The van der Waals surface area contributed by atoms with Crippen molar-refractivity contribution in [3.8, 4) is 0 Å². The third-order valence-corrected chi connectivity index (χ3v) is 5.53. The highest BCUT2D eigenvalue weighted by atomic mass is 16.5. The maximum atomic E-state index is 12.7. The summed E-state index contributed by atoms with van der Waals surface area (Å²) in [7, 11) is 3.00. The van der Waals surface area contributed by atoms with Crippen LogP contribution in [0, 0.1) is 23.2 Å². The highest BCUT2D eigenvalue weighted by molar-refractivity contribution is 6.01. The zero-order valence-electron chi connectivity index (χ0n) is 14.4. The van der Waals surface area contributed by atoms with Crippen molar-refractivity contribution in [3.63, 3.8) is 0 Å². The quantitative estimate of drug-likeness (QED) is 0.629. The number of esters is 1. The lowest BCUT2D eigenvalue weighted by Crippen LogP contribution is -2.39. The number of likely N-dealkylation sites (tertiary alicyclic amines) is 1. The summed E-state index contributed by atoms with van der Waals surface area (Å²) in [5.74, 6) is -2.37. The lowest BCUT2D eigenvalue weighted by molar-refractivity contribution is -0.141. The number of aliphatic carboxylic acids is 1. The summed E-state index contributed by atoms with van der Waals surface area (Å²) in [5.41, 5.74) is -0.497. The van der Waals surface area contributed by atoms with Crippen molar-refractivity contribution < 1.29 is 24.2 Å². The number of hydrogen-bond acceptors (Lipinski definition) is 4. The van der Waals surface area contributed by atoms with Gasteiger partial charge in [-0.25, -0.2) is 9.59 Å². The van der Waals surface area contributed by atoms with E-state index in [9.17, 15) is 19.5 Å². The van der Waals surface area contributed by atoms with Crippen LogP contribution in [-0.2, 0) is 19.1 Å². The minimum absolute atomic E-state index is 0.0140. The van der Waals surface area contributed by atoms with Gasteiger partial charge in [0.2, 0.25) is 5.91 Å². The first-order valence-corrected chi connectivity index (χ1v) is 7.97. The molecule has 23 heavy (non-hydrogen) atoms. The third-order valence-electron chi connectivity index (χ3n) is 5.53. The molecular formula is C17H25NO5. The Morgan fingerprint density at radius 3 is 2.43 bits per heavy atom. The molecule has 1 saturated heterocycles. The van der Waals surface area contributed by atoms with Gasteiger partial charge in [-0.3, -0.25) is 4.79 Å². The Labute approximate surface area is 136 Å². The van der Waals surface area contributed by atoms with Gasteiger partial charge in [-0.1, -0.05) is 13.8 Å². The van der Waals surface area contributed by atoms with Crippen molar-refractivity contribution in [2.75, 3.05) is 20.7 Å². The zero-order chi connectivity index (χ0) is 17.5. The summed E-state index contributed by atoms with van der Waals surface area (Å²) in [5, 5.41) is 9.60. The van der Waals surface area contributed by atoms with Crippen LogP contribution in [0.3, 0.4) is 0 Å². The van der Waals surface area contributed by atoms with E-state index in [-0.39, 0.29) is 28.9 Å². The number of carbonyl (C=O) groups excluding carboxylic acids is 2. The SMILES string of the molecule is COC(=O)/C(=C(/C(=O)O)C(C)C)[C@@H]1CC[C@@H]2CN(C)C(=O)[C@@]21C. The van der Waals surface area contributed by atoms with Crippen molar-refractivity contribution in [1.82, 2.24) is 4.90 Å². The van der Waals surface area contributed by atoms with Crippen LogP contribution in [-0.4, -0.2) is 48.6 Å². The predicted octanol–water partition coefficient (Wildman–Crippen LogP) is 1.70. The number of carboxylic acids is 1. The van der Waals surface area contributed by atoms with E-state index in [2.05, 4.69) is 0 Å². The molecule has 0 radical (unpaired) electrons. The Morgan fingerprint density at radius 1 is 1.35 bits per heavy atom. The van der Waals surface area contributed by atoms with Gasteiger partial charge in [0, 0.05) is 19.5 Å². The summed E-state index contributed by atoms with van der Waals surface area (Å²) in [6.45, 7) is 6.00. The molecule has 1 aliphatic carbocycles. The lowest BCUT2D eigenvalue weighted by Gasteiger charge is -2.31. The molecule has 6 nitrogen and oxygen atoms in total. The largest absolute Gasteiger partial charge is 0.478 e. The Balaban J connectivity index is 2.62. The molecule has 0 unspecified atom stereocenters. The topological polar surface area (TPSA) is 83.9 Å². The molecule has 0 bridgehead atoms. The van der Waals surface area contributed by atoms with Crippen LogP contribution in [0.15, 0.2) is 11.1 Å². The molecule has 128 valence electrons. The molecule has 2 rings (SSSR count). The lowest BCUT2D eigenvalue weighted by atomic mass is 9.70. The van der Waals surface area contributed by atoms with Crippen molar-refractivity contribution in [1.29, 1.82) is 0 Å². The van der Waals surface area contributed by atoms with Crippen LogP contribution in [0.5, 0.6) is 0 Å². The number of carbonyl (C=O) groups is 3. The molecule has 0 aromatic heterocycles. The Morgan fingerprint density at radius 2 is 1.96 bits per heavy atom. The Hall–Kier alpha value is -1.85. The number of rotatable bonds is 4. The first-order chi connectivity index (χ1) is 10.7. The van der Waals surface area contributed by atoms with Gasteiger partial charge in [0.1, 0.15) is 0 Å². The average Bonchev–Trinajstić information content (AvgIpc) is 2.89. The molecule has 1 amide bonds. The number of hydrogen-bond donors (Lipinski definition) is 1. The highest BCUT2D eigenvalue weighted by Crippen LogP contribution is 2.56. The Kier molecular flexibility index (Phi) is 4.55. The van der Waals surface area contributed by atoms with Gasteiger partial charge in [0.05, 0.1) is 23.7 Å². The zero-order valence-corrected chi connectivity index (χ0v) is 14.4. The van der Waals surface area contributed by atoms with Crippen LogP contribution < -0.4 is 0 Å². The van der Waals surface area contributed by atoms with Crippen molar-refractivity contribution in [2.24, 2.45) is 23.2 Å². The van der Waals surface area contributed by atoms with E-state index in [4.69, 9.17) is 4.74 Å². The molecule has 1 aliphatic heterocycles. The van der Waals surface area contributed by atoms with Gasteiger partial charge >= 0.3 is 11.9 Å². The van der Waals surface area contributed by atoms with Gasteiger partial charge in [-0.2, -0.15) is 0 Å². The number of amides is 1. The second-order valence-electron chi connectivity index (χ2n) is 7.07.